The molecule has 9 nitrogen and oxygen atoms in total. The van der Waals surface area contributed by atoms with Gasteiger partial charge >= 0.3 is 5.88 Å². The molecular weight excluding hydrogens is 412 g/mol. The summed E-state index contributed by atoms with van der Waals surface area (Å²) < 4.78 is 4.91. The minimum atomic E-state index is -0.727. The predicted octanol–water partition coefficient (Wildman–Crippen LogP) is 3.69. The molecule has 0 unspecified atom stereocenters. The van der Waals surface area contributed by atoms with Crippen LogP contribution in [-0.2, 0) is 6.54 Å². The normalized spacial score (nSPS) is 10.7. The van der Waals surface area contributed by atoms with Gasteiger partial charge < -0.3 is 20.0 Å². The van der Waals surface area contributed by atoms with Crippen LogP contribution in [0, 0.1) is 10.1 Å². The molecule has 0 fully saturated rings. The van der Waals surface area contributed by atoms with Crippen molar-refractivity contribution in [1.29, 1.82) is 0 Å². The first-order valence-electron chi connectivity index (χ1n) is 10.1. The number of carbonyl (C=O) groups is 2. The van der Waals surface area contributed by atoms with Crippen molar-refractivity contribution in [1.82, 2.24) is 10.2 Å². The van der Waals surface area contributed by atoms with Crippen molar-refractivity contribution in [2.24, 2.45) is 0 Å². The number of amides is 2. The topological polar surface area (TPSA) is 118 Å². The summed E-state index contributed by atoms with van der Waals surface area (Å²) in [5.74, 6) is -1.75. The molecular formula is C23H24N4O5. The van der Waals surface area contributed by atoms with Crippen LogP contribution in [0.15, 0.2) is 71.1 Å². The number of nitro groups is 1. The number of hydrogen-bond donors (Lipinski definition) is 2. The lowest BCUT2D eigenvalue weighted by atomic mass is 10.1. The number of rotatable bonds is 10. The van der Waals surface area contributed by atoms with Crippen molar-refractivity contribution in [2.75, 3.05) is 25.5 Å². The summed E-state index contributed by atoms with van der Waals surface area (Å²) in [7, 11) is 2.03. The Morgan fingerprint density at radius 3 is 2.44 bits per heavy atom. The second-order valence-corrected chi connectivity index (χ2v) is 7.23. The van der Waals surface area contributed by atoms with Crippen LogP contribution in [0.2, 0.25) is 0 Å². The van der Waals surface area contributed by atoms with Gasteiger partial charge in [-0.2, -0.15) is 0 Å². The highest BCUT2D eigenvalue weighted by Gasteiger charge is 2.19. The molecule has 0 saturated carbocycles. The summed E-state index contributed by atoms with van der Waals surface area (Å²) in [4.78, 5) is 37.1. The molecule has 32 heavy (non-hydrogen) atoms. The van der Waals surface area contributed by atoms with Crippen LogP contribution in [-0.4, -0.2) is 41.8 Å². The van der Waals surface area contributed by atoms with E-state index in [4.69, 9.17) is 4.42 Å². The number of nitrogens with zero attached hydrogens (tertiary/aromatic N) is 2. The number of carbonyl (C=O) groups excluding carboxylic acids is 2. The Bertz CT molecular complexity index is 1080. The van der Waals surface area contributed by atoms with Gasteiger partial charge in [0.1, 0.15) is 4.92 Å². The van der Waals surface area contributed by atoms with E-state index in [1.165, 1.54) is 11.6 Å². The Balaban J connectivity index is 1.51. The molecule has 9 heteroatoms. The molecule has 0 radical (unpaired) electrons. The predicted molar refractivity (Wildman–Crippen MR) is 119 cm³/mol. The fraction of sp³-hybridized carbons (Fsp3) is 0.217. The first-order chi connectivity index (χ1) is 15.4. The molecule has 1 heterocycles. The third-order valence-electron chi connectivity index (χ3n) is 4.71. The summed E-state index contributed by atoms with van der Waals surface area (Å²) in [6, 6.07) is 19.0. The van der Waals surface area contributed by atoms with Crippen molar-refractivity contribution in [3.63, 3.8) is 0 Å². The standard InChI is InChI=1S/C23H24N4O5/c1-26(16-17-8-3-2-4-9-17)15-7-14-24-22(28)18-10-5-6-11-19(18)25-23(29)20-12-13-21(32-20)27(30)31/h2-6,8-13H,7,14-16H2,1H3,(H,24,28)(H,25,29). The van der Waals surface area contributed by atoms with E-state index < -0.39 is 16.7 Å². The number of anilines is 1. The lowest BCUT2D eigenvalue weighted by Gasteiger charge is -2.17. The number of benzene rings is 2. The third kappa shape index (κ3) is 6.26. The summed E-state index contributed by atoms with van der Waals surface area (Å²) in [5, 5.41) is 16.2. The maximum atomic E-state index is 12.6. The van der Waals surface area contributed by atoms with Crippen molar-refractivity contribution in [3.8, 4) is 0 Å². The van der Waals surface area contributed by atoms with Crippen LogP contribution in [0.3, 0.4) is 0 Å². The van der Waals surface area contributed by atoms with Gasteiger partial charge in [0.25, 0.3) is 11.8 Å². The van der Waals surface area contributed by atoms with Gasteiger partial charge in [-0.05, 0) is 43.8 Å². The van der Waals surface area contributed by atoms with Crippen LogP contribution in [0.1, 0.15) is 32.9 Å². The average molecular weight is 436 g/mol. The van der Waals surface area contributed by atoms with Crippen LogP contribution in [0.25, 0.3) is 0 Å². The van der Waals surface area contributed by atoms with Gasteiger partial charge in [0, 0.05) is 13.1 Å². The number of nitrogens with one attached hydrogen (secondary N) is 2. The van der Waals surface area contributed by atoms with Gasteiger partial charge in [0.15, 0.2) is 5.76 Å². The van der Waals surface area contributed by atoms with Crippen molar-refractivity contribution in [3.05, 3.63) is 93.7 Å². The molecule has 3 rings (SSSR count). The molecule has 0 aliphatic rings. The van der Waals surface area contributed by atoms with E-state index in [0.29, 0.717) is 12.1 Å². The Labute approximate surface area is 185 Å². The summed E-state index contributed by atoms with van der Waals surface area (Å²) in [5.41, 5.74) is 1.81. The summed E-state index contributed by atoms with van der Waals surface area (Å²) in [6.45, 7) is 2.12. The zero-order valence-corrected chi connectivity index (χ0v) is 17.6. The lowest BCUT2D eigenvalue weighted by Crippen LogP contribution is -2.29. The minimum Gasteiger partial charge on any atom is -0.395 e. The molecule has 0 bridgehead atoms. The van der Waals surface area contributed by atoms with Crippen LogP contribution >= 0.6 is 0 Å². The van der Waals surface area contributed by atoms with E-state index in [0.717, 1.165) is 25.6 Å². The molecule has 2 aromatic carbocycles. The molecule has 166 valence electrons. The van der Waals surface area contributed by atoms with E-state index in [2.05, 4.69) is 27.7 Å². The molecule has 2 amide bonds. The smallest absolute Gasteiger partial charge is 0.395 e. The highest BCUT2D eigenvalue weighted by molar-refractivity contribution is 6.07. The molecule has 0 saturated heterocycles. The maximum absolute atomic E-state index is 12.6. The number of para-hydroxylation sites is 1. The molecule has 3 aromatic rings. The van der Waals surface area contributed by atoms with Gasteiger partial charge in [0.05, 0.1) is 17.3 Å². The van der Waals surface area contributed by atoms with Gasteiger partial charge in [-0.1, -0.05) is 42.5 Å². The highest BCUT2D eigenvalue weighted by Crippen LogP contribution is 2.19. The second-order valence-electron chi connectivity index (χ2n) is 7.23. The quantitative estimate of drug-likeness (QED) is 0.284. The zero-order chi connectivity index (χ0) is 22.9. The van der Waals surface area contributed by atoms with E-state index in [1.54, 1.807) is 24.3 Å². The van der Waals surface area contributed by atoms with E-state index in [-0.39, 0.29) is 17.4 Å². The van der Waals surface area contributed by atoms with Gasteiger partial charge in [-0.15, -0.1) is 0 Å². The van der Waals surface area contributed by atoms with Crippen molar-refractivity contribution < 1.29 is 18.9 Å². The van der Waals surface area contributed by atoms with Gasteiger partial charge in [-0.25, -0.2) is 0 Å². The molecule has 2 N–H and O–H groups in total. The van der Waals surface area contributed by atoms with E-state index >= 15 is 0 Å². The Morgan fingerprint density at radius 1 is 1.00 bits per heavy atom. The third-order valence-corrected chi connectivity index (χ3v) is 4.71. The fourth-order valence-corrected chi connectivity index (χ4v) is 3.14. The van der Waals surface area contributed by atoms with E-state index in [1.807, 2.05) is 25.2 Å². The van der Waals surface area contributed by atoms with E-state index in [9.17, 15) is 19.7 Å². The van der Waals surface area contributed by atoms with Crippen LogP contribution in [0.5, 0.6) is 0 Å². The molecule has 0 aliphatic heterocycles. The monoisotopic (exact) mass is 436 g/mol. The first kappa shape index (κ1) is 22.7. The van der Waals surface area contributed by atoms with Crippen LogP contribution < -0.4 is 10.6 Å². The van der Waals surface area contributed by atoms with Crippen molar-refractivity contribution in [2.45, 2.75) is 13.0 Å². The molecule has 0 aliphatic carbocycles. The second kappa shape index (κ2) is 10.9. The lowest BCUT2D eigenvalue weighted by molar-refractivity contribution is -0.402. The molecule has 0 spiro atoms. The average Bonchev–Trinajstić information content (AvgIpc) is 3.29. The van der Waals surface area contributed by atoms with Gasteiger partial charge in [-0.3, -0.25) is 19.7 Å². The summed E-state index contributed by atoms with van der Waals surface area (Å²) in [6.07, 6.45) is 0.764. The largest absolute Gasteiger partial charge is 0.433 e. The Morgan fingerprint density at radius 2 is 1.72 bits per heavy atom. The highest BCUT2D eigenvalue weighted by atomic mass is 16.6. The SMILES string of the molecule is CN(CCCNC(=O)c1ccccc1NC(=O)c1ccc([N+](=O)[O-])o1)Cc1ccccc1. The maximum Gasteiger partial charge on any atom is 0.433 e. The minimum absolute atomic E-state index is 0.214. The zero-order valence-electron chi connectivity index (χ0n) is 17.6. The number of furan rings is 1. The van der Waals surface area contributed by atoms with Gasteiger partial charge in [0.2, 0.25) is 0 Å². The Hall–Kier alpha value is -3.98. The Kier molecular flexibility index (Phi) is 7.71. The fourth-order valence-electron chi connectivity index (χ4n) is 3.14. The molecule has 0 atom stereocenters. The number of hydrogen-bond acceptors (Lipinski definition) is 6. The van der Waals surface area contributed by atoms with Crippen molar-refractivity contribution >= 4 is 23.4 Å². The molecule has 1 aromatic heterocycles. The van der Waals surface area contributed by atoms with Crippen LogP contribution in [0.4, 0.5) is 11.6 Å². The summed E-state index contributed by atoms with van der Waals surface area (Å²) >= 11 is 0. The first-order valence-corrected chi connectivity index (χ1v) is 10.1.